The fourth-order valence-electron chi connectivity index (χ4n) is 1.16. The predicted octanol–water partition coefficient (Wildman–Crippen LogP) is 4.43. The smallest absolute Gasteiger partial charge is 0.166 e. The Kier molecular flexibility index (Phi) is 3.44. The molecule has 0 saturated heterocycles. The summed E-state index contributed by atoms with van der Waals surface area (Å²) in [7, 11) is 0. The summed E-state index contributed by atoms with van der Waals surface area (Å²) in [5.41, 5.74) is 0.182. The molecule has 0 radical (unpaired) electrons. The molecule has 1 aromatic carbocycles. The highest BCUT2D eigenvalue weighted by atomic mass is 127. The molecule has 0 aromatic heterocycles. The quantitative estimate of drug-likeness (QED) is 0.673. The third-order valence-corrected chi connectivity index (χ3v) is 2.93. The molecule has 0 aliphatic heterocycles. The first kappa shape index (κ1) is 11.8. The Morgan fingerprint density at radius 1 is 1.21 bits per heavy atom. The molecule has 0 aliphatic rings. The average Bonchev–Trinajstić information content (AvgIpc) is 2.02. The number of rotatable bonds is 1. The van der Waals surface area contributed by atoms with Gasteiger partial charge in [-0.15, -0.1) is 0 Å². The summed E-state index contributed by atoms with van der Waals surface area (Å²) in [6.07, 6.45) is -4.24. The van der Waals surface area contributed by atoms with Crippen LogP contribution in [0.5, 0.6) is 0 Å². The lowest BCUT2D eigenvalue weighted by atomic mass is 10.0. The molecule has 0 atom stereocenters. The van der Waals surface area contributed by atoms with Gasteiger partial charge < -0.3 is 0 Å². The van der Waals surface area contributed by atoms with Crippen LogP contribution >= 0.6 is 22.6 Å². The number of alkyl halides is 3. The molecule has 1 rings (SSSR count). The molecule has 0 amide bonds. The van der Waals surface area contributed by atoms with Crippen molar-refractivity contribution in [3.63, 3.8) is 0 Å². The van der Waals surface area contributed by atoms with Gasteiger partial charge in [0.1, 0.15) is 0 Å². The van der Waals surface area contributed by atoms with Gasteiger partial charge in [0.2, 0.25) is 0 Å². The van der Waals surface area contributed by atoms with Gasteiger partial charge in [-0.05, 0) is 52.3 Å². The molecule has 0 saturated carbocycles. The van der Waals surface area contributed by atoms with E-state index in [4.69, 9.17) is 0 Å². The van der Waals surface area contributed by atoms with Crippen molar-refractivity contribution in [2.24, 2.45) is 0 Å². The molecule has 4 heteroatoms. The van der Waals surface area contributed by atoms with Crippen molar-refractivity contribution in [1.29, 1.82) is 0 Å². The Morgan fingerprint density at radius 3 is 2.21 bits per heavy atom. The summed E-state index contributed by atoms with van der Waals surface area (Å²) in [4.78, 5) is 0. The first-order chi connectivity index (χ1) is 6.32. The van der Waals surface area contributed by atoms with E-state index in [9.17, 15) is 13.2 Å². The fourth-order valence-corrected chi connectivity index (χ4v) is 2.12. The zero-order chi connectivity index (χ0) is 10.9. The molecule has 1 aromatic rings. The van der Waals surface area contributed by atoms with E-state index >= 15 is 0 Å². The summed E-state index contributed by atoms with van der Waals surface area (Å²) < 4.78 is 38.0. The van der Waals surface area contributed by atoms with Gasteiger partial charge in [-0.2, -0.15) is 13.2 Å². The van der Waals surface area contributed by atoms with Crippen LogP contribution in [0.1, 0.15) is 30.9 Å². The van der Waals surface area contributed by atoms with Crippen LogP contribution < -0.4 is 0 Å². The molecule has 0 heterocycles. The molecule has 0 spiro atoms. The zero-order valence-corrected chi connectivity index (χ0v) is 9.98. The average molecular weight is 314 g/mol. The minimum Gasteiger partial charge on any atom is -0.166 e. The normalized spacial score (nSPS) is 12.2. The Balaban J connectivity index is 3.20. The van der Waals surface area contributed by atoms with Crippen molar-refractivity contribution in [3.8, 4) is 0 Å². The van der Waals surface area contributed by atoms with E-state index in [2.05, 4.69) is 22.6 Å². The minimum atomic E-state index is -4.24. The van der Waals surface area contributed by atoms with E-state index in [0.29, 0.717) is 0 Å². The summed E-state index contributed by atoms with van der Waals surface area (Å²) in [6, 6.07) is 3.86. The molecule has 0 bridgehead atoms. The van der Waals surface area contributed by atoms with Crippen LogP contribution in [0.4, 0.5) is 13.2 Å². The molecular formula is C10H10F3I. The number of hydrogen-bond donors (Lipinski definition) is 0. The maximum atomic E-state index is 12.4. The SMILES string of the molecule is CC(C)c1cc(C(F)(F)F)ccc1I. The Morgan fingerprint density at radius 2 is 1.79 bits per heavy atom. The van der Waals surface area contributed by atoms with Crippen LogP contribution in [0.2, 0.25) is 0 Å². The van der Waals surface area contributed by atoms with Crippen molar-refractivity contribution in [1.82, 2.24) is 0 Å². The number of hydrogen-bond acceptors (Lipinski definition) is 0. The third kappa shape index (κ3) is 2.62. The maximum Gasteiger partial charge on any atom is 0.416 e. The Bertz CT molecular complexity index is 329. The molecule has 14 heavy (non-hydrogen) atoms. The third-order valence-electron chi connectivity index (χ3n) is 1.95. The van der Waals surface area contributed by atoms with Crippen molar-refractivity contribution in [2.45, 2.75) is 25.9 Å². The van der Waals surface area contributed by atoms with Crippen LogP contribution in [0.25, 0.3) is 0 Å². The van der Waals surface area contributed by atoms with E-state index in [0.717, 1.165) is 15.2 Å². The first-order valence-corrected chi connectivity index (χ1v) is 5.27. The van der Waals surface area contributed by atoms with Crippen molar-refractivity contribution in [2.75, 3.05) is 0 Å². The second-order valence-electron chi connectivity index (χ2n) is 3.39. The topological polar surface area (TPSA) is 0 Å². The molecule has 78 valence electrons. The molecule has 0 aliphatic carbocycles. The van der Waals surface area contributed by atoms with Gasteiger partial charge in [-0.3, -0.25) is 0 Å². The second kappa shape index (κ2) is 4.08. The first-order valence-electron chi connectivity index (χ1n) is 4.19. The lowest BCUT2D eigenvalue weighted by Crippen LogP contribution is -2.06. The highest BCUT2D eigenvalue weighted by Gasteiger charge is 2.30. The summed E-state index contributed by atoms with van der Waals surface area (Å²) in [5.74, 6) is 0.115. The summed E-state index contributed by atoms with van der Waals surface area (Å²) >= 11 is 2.05. The van der Waals surface area contributed by atoms with E-state index in [1.807, 2.05) is 13.8 Å². The largest absolute Gasteiger partial charge is 0.416 e. The minimum absolute atomic E-state index is 0.115. The number of benzene rings is 1. The summed E-state index contributed by atoms with van der Waals surface area (Å²) in [5, 5.41) is 0. The van der Waals surface area contributed by atoms with Crippen LogP contribution in [0, 0.1) is 3.57 Å². The van der Waals surface area contributed by atoms with Crippen LogP contribution in [-0.2, 0) is 6.18 Å². The lowest BCUT2D eigenvalue weighted by molar-refractivity contribution is -0.137. The Hall–Kier alpha value is -0.260. The van der Waals surface area contributed by atoms with Crippen LogP contribution in [-0.4, -0.2) is 0 Å². The second-order valence-corrected chi connectivity index (χ2v) is 4.55. The molecular weight excluding hydrogens is 304 g/mol. The fraction of sp³-hybridized carbons (Fsp3) is 0.400. The van der Waals surface area contributed by atoms with E-state index in [-0.39, 0.29) is 5.92 Å². The van der Waals surface area contributed by atoms with Gasteiger partial charge in [0.25, 0.3) is 0 Å². The van der Waals surface area contributed by atoms with Gasteiger partial charge in [-0.25, -0.2) is 0 Å². The van der Waals surface area contributed by atoms with Crippen molar-refractivity contribution < 1.29 is 13.2 Å². The van der Waals surface area contributed by atoms with Gasteiger partial charge in [0.15, 0.2) is 0 Å². The molecule has 0 fully saturated rings. The highest BCUT2D eigenvalue weighted by Crippen LogP contribution is 2.32. The van der Waals surface area contributed by atoms with Gasteiger partial charge in [0.05, 0.1) is 5.56 Å². The standard InChI is InChI=1S/C10H10F3I/c1-6(2)8-5-7(10(11,12)13)3-4-9(8)14/h3-6H,1-2H3. The van der Waals surface area contributed by atoms with E-state index in [1.165, 1.54) is 12.1 Å². The predicted molar refractivity (Wildman–Crippen MR) is 58.3 cm³/mol. The van der Waals surface area contributed by atoms with Gasteiger partial charge in [-0.1, -0.05) is 13.8 Å². The maximum absolute atomic E-state index is 12.4. The molecule has 0 unspecified atom stereocenters. The Labute approximate surface area is 94.6 Å². The highest BCUT2D eigenvalue weighted by molar-refractivity contribution is 14.1. The van der Waals surface area contributed by atoms with Gasteiger partial charge in [0, 0.05) is 3.57 Å². The van der Waals surface area contributed by atoms with Crippen molar-refractivity contribution in [3.05, 3.63) is 32.9 Å². The summed E-state index contributed by atoms with van der Waals surface area (Å²) in [6.45, 7) is 3.77. The zero-order valence-electron chi connectivity index (χ0n) is 7.82. The lowest BCUT2D eigenvalue weighted by Gasteiger charge is -2.12. The molecule has 0 N–H and O–H groups in total. The van der Waals surface area contributed by atoms with Crippen molar-refractivity contribution >= 4 is 22.6 Å². The number of halogens is 4. The van der Waals surface area contributed by atoms with E-state index < -0.39 is 11.7 Å². The van der Waals surface area contributed by atoms with Crippen LogP contribution in [0.3, 0.4) is 0 Å². The monoisotopic (exact) mass is 314 g/mol. The van der Waals surface area contributed by atoms with Gasteiger partial charge >= 0.3 is 6.18 Å². The van der Waals surface area contributed by atoms with Crippen LogP contribution in [0.15, 0.2) is 18.2 Å². The molecule has 0 nitrogen and oxygen atoms in total. The van der Waals surface area contributed by atoms with E-state index in [1.54, 1.807) is 0 Å².